The average Bonchev–Trinajstić information content (AvgIpc) is 3.14. The van der Waals surface area contributed by atoms with Gasteiger partial charge in [-0.3, -0.25) is 4.79 Å². The molecule has 0 bridgehead atoms. The number of carbonyl (C=O) groups is 1. The molecular formula is C23H26N4O3S. The van der Waals surface area contributed by atoms with Gasteiger partial charge in [-0.05, 0) is 42.3 Å². The number of anilines is 1. The van der Waals surface area contributed by atoms with Crippen molar-refractivity contribution >= 4 is 23.4 Å². The number of aryl methyl sites for hydroxylation is 1. The summed E-state index contributed by atoms with van der Waals surface area (Å²) >= 11 is 1.34. The Balaban J connectivity index is 1.67. The molecule has 0 atom stereocenters. The van der Waals surface area contributed by atoms with Crippen molar-refractivity contribution in [3.63, 3.8) is 0 Å². The standard InChI is InChI=1S/C23H26N4O3S/c1-5-12-27-21(14-17-7-9-18(29-3)10-8-17)25-26-23(27)31-15-22(28)24-19-13-16(2)6-11-20(19)30-4/h5-11,13H,1,12,14-15H2,2-4H3,(H,24,28). The van der Waals surface area contributed by atoms with Crippen molar-refractivity contribution in [1.82, 2.24) is 14.8 Å². The predicted molar refractivity (Wildman–Crippen MR) is 123 cm³/mol. The van der Waals surface area contributed by atoms with E-state index in [0.29, 0.717) is 29.6 Å². The maximum Gasteiger partial charge on any atom is 0.234 e. The molecule has 1 aromatic heterocycles. The van der Waals surface area contributed by atoms with E-state index in [1.807, 2.05) is 54.0 Å². The summed E-state index contributed by atoms with van der Waals surface area (Å²) in [7, 11) is 3.22. The molecule has 0 spiro atoms. The first kappa shape index (κ1) is 22.4. The fourth-order valence-electron chi connectivity index (χ4n) is 3.03. The van der Waals surface area contributed by atoms with Gasteiger partial charge in [-0.15, -0.1) is 16.8 Å². The average molecular weight is 439 g/mol. The lowest BCUT2D eigenvalue weighted by Crippen LogP contribution is -2.15. The summed E-state index contributed by atoms with van der Waals surface area (Å²) in [4.78, 5) is 12.5. The van der Waals surface area contributed by atoms with Crippen LogP contribution in [0.4, 0.5) is 5.69 Å². The lowest BCUT2D eigenvalue weighted by Gasteiger charge is -2.11. The highest BCUT2D eigenvalue weighted by Gasteiger charge is 2.15. The van der Waals surface area contributed by atoms with Gasteiger partial charge in [-0.1, -0.05) is 36.0 Å². The number of nitrogens with zero attached hydrogens (tertiary/aromatic N) is 3. The van der Waals surface area contributed by atoms with Gasteiger partial charge in [-0.2, -0.15) is 0 Å². The van der Waals surface area contributed by atoms with Crippen molar-refractivity contribution in [2.45, 2.75) is 25.0 Å². The molecule has 0 aliphatic carbocycles. The lowest BCUT2D eigenvalue weighted by atomic mass is 10.1. The van der Waals surface area contributed by atoms with Crippen LogP contribution in [-0.4, -0.2) is 40.6 Å². The number of benzene rings is 2. The van der Waals surface area contributed by atoms with Crippen molar-refractivity contribution in [1.29, 1.82) is 0 Å². The first-order valence-corrected chi connectivity index (χ1v) is 10.8. The summed E-state index contributed by atoms with van der Waals surface area (Å²) < 4.78 is 12.5. The second-order valence-corrected chi connectivity index (χ2v) is 7.81. The van der Waals surface area contributed by atoms with E-state index in [9.17, 15) is 4.79 Å². The topological polar surface area (TPSA) is 78.3 Å². The molecule has 1 amide bonds. The van der Waals surface area contributed by atoms with Gasteiger partial charge in [0.2, 0.25) is 5.91 Å². The van der Waals surface area contributed by atoms with Gasteiger partial charge in [0.15, 0.2) is 5.16 Å². The van der Waals surface area contributed by atoms with Crippen LogP contribution in [0.5, 0.6) is 11.5 Å². The third kappa shape index (κ3) is 5.88. The number of thioether (sulfide) groups is 1. The predicted octanol–water partition coefficient (Wildman–Crippen LogP) is 4.11. The van der Waals surface area contributed by atoms with Gasteiger partial charge in [-0.25, -0.2) is 0 Å². The first-order valence-electron chi connectivity index (χ1n) is 9.77. The fourth-order valence-corrected chi connectivity index (χ4v) is 3.80. The minimum absolute atomic E-state index is 0.140. The molecule has 0 aliphatic rings. The van der Waals surface area contributed by atoms with E-state index in [-0.39, 0.29) is 11.7 Å². The van der Waals surface area contributed by atoms with Gasteiger partial charge < -0.3 is 19.4 Å². The Bertz CT molecular complexity index is 1050. The maximum absolute atomic E-state index is 12.5. The zero-order valence-corrected chi connectivity index (χ0v) is 18.7. The Morgan fingerprint density at radius 3 is 2.61 bits per heavy atom. The summed E-state index contributed by atoms with van der Waals surface area (Å²) in [5.41, 5.74) is 2.79. The number of carbonyl (C=O) groups excluding carboxylic acids is 1. The van der Waals surface area contributed by atoms with E-state index in [2.05, 4.69) is 22.1 Å². The molecule has 0 radical (unpaired) electrons. The summed E-state index contributed by atoms with van der Waals surface area (Å²) in [5, 5.41) is 12.2. The number of hydrogen-bond acceptors (Lipinski definition) is 6. The molecule has 2 aromatic carbocycles. The highest BCUT2D eigenvalue weighted by molar-refractivity contribution is 7.99. The lowest BCUT2D eigenvalue weighted by molar-refractivity contribution is -0.113. The van der Waals surface area contributed by atoms with Crippen molar-refractivity contribution in [3.05, 3.63) is 72.1 Å². The van der Waals surface area contributed by atoms with E-state index in [1.165, 1.54) is 11.8 Å². The van der Waals surface area contributed by atoms with E-state index in [1.54, 1.807) is 20.3 Å². The molecule has 162 valence electrons. The normalized spacial score (nSPS) is 10.5. The maximum atomic E-state index is 12.5. The summed E-state index contributed by atoms with van der Waals surface area (Å²) in [6.07, 6.45) is 2.42. The van der Waals surface area contributed by atoms with Crippen molar-refractivity contribution in [2.24, 2.45) is 0 Å². The Labute approximate surface area is 186 Å². The van der Waals surface area contributed by atoms with Gasteiger partial charge in [0, 0.05) is 13.0 Å². The summed E-state index contributed by atoms with van der Waals surface area (Å²) in [5.74, 6) is 2.31. The molecular weight excluding hydrogens is 412 g/mol. The van der Waals surface area contributed by atoms with Crippen LogP contribution in [0.25, 0.3) is 0 Å². The summed E-state index contributed by atoms with van der Waals surface area (Å²) in [6.45, 7) is 6.36. The van der Waals surface area contributed by atoms with Crippen molar-refractivity contribution in [3.8, 4) is 11.5 Å². The molecule has 7 nitrogen and oxygen atoms in total. The van der Waals surface area contributed by atoms with E-state index in [0.717, 1.165) is 22.7 Å². The molecule has 0 unspecified atom stereocenters. The largest absolute Gasteiger partial charge is 0.497 e. The van der Waals surface area contributed by atoms with Crippen molar-refractivity contribution in [2.75, 3.05) is 25.3 Å². The number of allylic oxidation sites excluding steroid dienone is 1. The van der Waals surface area contributed by atoms with Crippen LogP contribution in [0.1, 0.15) is 17.0 Å². The molecule has 1 N–H and O–H groups in total. The van der Waals surface area contributed by atoms with Crippen LogP contribution in [0, 0.1) is 6.92 Å². The molecule has 0 saturated heterocycles. The Morgan fingerprint density at radius 2 is 1.94 bits per heavy atom. The third-order valence-electron chi connectivity index (χ3n) is 4.59. The molecule has 1 heterocycles. The summed E-state index contributed by atoms with van der Waals surface area (Å²) in [6, 6.07) is 13.5. The van der Waals surface area contributed by atoms with Gasteiger partial charge in [0.1, 0.15) is 17.3 Å². The van der Waals surface area contributed by atoms with Crippen LogP contribution < -0.4 is 14.8 Å². The van der Waals surface area contributed by atoms with Crippen LogP contribution in [0.15, 0.2) is 60.3 Å². The molecule has 0 aliphatic heterocycles. The van der Waals surface area contributed by atoms with Crippen LogP contribution >= 0.6 is 11.8 Å². The molecule has 3 aromatic rings. The van der Waals surface area contributed by atoms with Crippen LogP contribution in [-0.2, 0) is 17.8 Å². The minimum Gasteiger partial charge on any atom is -0.497 e. The zero-order chi connectivity index (χ0) is 22.2. The van der Waals surface area contributed by atoms with Crippen LogP contribution in [0.2, 0.25) is 0 Å². The Morgan fingerprint density at radius 1 is 1.16 bits per heavy atom. The second kappa shape index (κ2) is 10.7. The molecule has 0 saturated carbocycles. The van der Waals surface area contributed by atoms with Gasteiger partial charge >= 0.3 is 0 Å². The Kier molecular flexibility index (Phi) is 7.72. The number of aromatic nitrogens is 3. The smallest absolute Gasteiger partial charge is 0.234 e. The number of nitrogens with one attached hydrogen (secondary N) is 1. The molecule has 3 rings (SSSR count). The second-order valence-electron chi connectivity index (χ2n) is 6.86. The number of methoxy groups -OCH3 is 2. The SMILES string of the molecule is C=CCn1c(Cc2ccc(OC)cc2)nnc1SCC(=O)Nc1cc(C)ccc1OC. The third-order valence-corrected chi connectivity index (χ3v) is 5.55. The van der Waals surface area contributed by atoms with E-state index < -0.39 is 0 Å². The highest BCUT2D eigenvalue weighted by atomic mass is 32.2. The van der Waals surface area contributed by atoms with Crippen LogP contribution in [0.3, 0.4) is 0 Å². The van der Waals surface area contributed by atoms with E-state index in [4.69, 9.17) is 9.47 Å². The fraction of sp³-hybridized carbons (Fsp3) is 0.261. The van der Waals surface area contributed by atoms with Gasteiger partial charge in [0.05, 0.1) is 25.7 Å². The number of hydrogen-bond donors (Lipinski definition) is 1. The number of amides is 1. The molecule has 0 fully saturated rings. The highest BCUT2D eigenvalue weighted by Crippen LogP contribution is 2.26. The zero-order valence-electron chi connectivity index (χ0n) is 17.9. The monoisotopic (exact) mass is 438 g/mol. The van der Waals surface area contributed by atoms with E-state index >= 15 is 0 Å². The van der Waals surface area contributed by atoms with Gasteiger partial charge in [0.25, 0.3) is 0 Å². The molecule has 8 heteroatoms. The van der Waals surface area contributed by atoms with Crippen molar-refractivity contribution < 1.29 is 14.3 Å². The Hall–Kier alpha value is -3.26. The minimum atomic E-state index is -0.140. The first-order chi connectivity index (χ1) is 15.0. The number of ether oxygens (including phenoxy) is 2. The molecule has 31 heavy (non-hydrogen) atoms. The quantitative estimate of drug-likeness (QED) is 0.379. The number of rotatable bonds is 10.